The van der Waals surface area contributed by atoms with Gasteiger partial charge in [0.25, 0.3) is 0 Å². The van der Waals surface area contributed by atoms with E-state index in [2.05, 4.69) is 28.5 Å². The Morgan fingerprint density at radius 1 is 1.52 bits per heavy atom. The Morgan fingerprint density at radius 3 is 2.81 bits per heavy atom. The summed E-state index contributed by atoms with van der Waals surface area (Å²) in [7, 11) is 0. The maximum absolute atomic E-state index is 10.8. The average molecular weight is 308 g/mol. The van der Waals surface area contributed by atoms with Crippen molar-refractivity contribution in [1.82, 2.24) is 19.3 Å². The van der Waals surface area contributed by atoms with Gasteiger partial charge in [-0.05, 0) is 32.1 Å². The molecule has 2 aromatic heterocycles. The van der Waals surface area contributed by atoms with Gasteiger partial charge in [-0.3, -0.25) is 4.79 Å². The number of thioether (sulfide) groups is 1. The largest absolute Gasteiger partial charge is 0.481 e. The van der Waals surface area contributed by atoms with Crippen molar-refractivity contribution in [2.75, 3.05) is 5.75 Å². The van der Waals surface area contributed by atoms with Crippen LogP contribution in [0.1, 0.15) is 26.0 Å². The highest BCUT2D eigenvalue weighted by atomic mass is 32.2. The Labute approximate surface area is 127 Å². The molecule has 2 atom stereocenters. The van der Waals surface area contributed by atoms with E-state index in [-0.39, 0.29) is 5.75 Å². The predicted molar refractivity (Wildman–Crippen MR) is 81.6 cm³/mol. The molecule has 1 aliphatic rings. The summed E-state index contributed by atoms with van der Waals surface area (Å²) in [5, 5.41) is 14.2. The number of carboxylic acid groups (broad SMARTS) is 1. The lowest BCUT2D eigenvalue weighted by Gasteiger charge is -2.09. The van der Waals surface area contributed by atoms with Gasteiger partial charge in [-0.15, -0.1) is 0 Å². The van der Waals surface area contributed by atoms with Crippen LogP contribution in [0.25, 0.3) is 11.2 Å². The fraction of sp³-hybridized carbons (Fsp3) is 0.643. The number of aryl methyl sites for hydroxylation is 2. The van der Waals surface area contributed by atoms with Crippen LogP contribution in [0.3, 0.4) is 0 Å². The zero-order chi connectivity index (χ0) is 15.1. The standard InChI is InChI=1S/C14H20N4O2S/c1-4-18-13-12(9(3)16-18)15-14(21-7-11(19)20)17(13)6-10-5-8(10)2/h8,10H,4-7H2,1-3H3,(H,19,20). The van der Waals surface area contributed by atoms with Crippen LogP contribution in [0.2, 0.25) is 0 Å². The normalized spacial score (nSPS) is 21.1. The van der Waals surface area contributed by atoms with Gasteiger partial charge in [0.15, 0.2) is 10.8 Å². The SMILES string of the molecule is CCn1nc(C)c2nc(SCC(=O)O)n(CC3CC3C)c21. The van der Waals surface area contributed by atoms with Crippen LogP contribution in [-0.4, -0.2) is 36.2 Å². The molecule has 0 saturated heterocycles. The van der Waals surface area contributed by atoms with Crippen molar-refractivity contribution in [3.05, 3.63) is 5.69 Å². The first-order chi connectivity index (χ1) is 10.0. The molecule has 0 amide bonds. The lowest BCUT2D eigenvalue weighted by molar-refractivity contribution is -0.133. The highest BCUT2D eigenvalue weighted by Gasteiger charge is 2.34. The van der Waals surface area contributed by atoms with Crippen molar-refractivity contribution in [2.45, 2.75) is 45.4 Å². The summed E-state index contributed by atoms with van der Waals surface area (Å²) in [5.41, 5.74) is 2.84. The summed E-state index contributed by atoms with van der Waals surface area (Å²) in [5.74, 6) is 0.650. The van der Waals surface area contributed by atoms with E-state index in [0.717, 1.165) is 41.0 Å². The molecule has 0 aromatic carbocycles. The quantitative estimate of drug-likeness (QED) is 0.830. The Morgan fingerprint density at radius 2 is 2.24 bits per heavy atom. The molecule has 3 rings (SSSR count). The number of carboxylic acids is 1. The number of aliphatic carboxylic acids is 1. The lowest BCUT2D eigenvalue weighted by atomic mass is 10.3. The first-order valence-electron chi connectivity index (χ1n) is 7.29. The van der Waals surface area contributed by atoms with Crippen LogP contribution in [0.15, 0.2) is 5.16 Å². The van der Waals surface area contributed by atoms with E-state index in [4.69, 9.17) is 5.11 Å². The second-order valence-electron chi connectivity index (χ2n) is 5.73. The molecule has 7 heteroatoms. The lowest BCUT2D eigenvalue weighted by Crippen LogP contribution is -2.09. The Hall–Kier alpha value is -1.50. The van der Waals surface area contributed by atoms with Gasteiger partial charge in [0.05, 0.1) is 11.4 Å². The molecule has 0 spiro atoms. The van der Waals surface area contributed by atoms with E-state index in [1.165, 1.54) is 18.2 Å². The molecule has 2 unspecified atom stereocenters. The van der Waals surface area contributed by atoms with E-state index in [0.29, 0.717) is 5.92 Å². The smallest absolute Gasteiger partial charge is 0.313 e. The molecule has 114 valence electrons. The first kappa shape index (κ1) is 14.4. The van der Waals surface area contributed by atoms with Crippen LogP contribution in [0.5, 0.6) is 0 Å². The van der Waals surface area contributed by atoms with Crippen LogP contribution in [-0.2, 0) is 17.9 Å². The van der Waals surface area contributed by atoms with Crippen molar-refractivity contribution in [3.8, 4) is 0 Å². The molecular weight excluding hydrogens is 288 g/mol. The topological polar surface area (TPSA) is 72.9 Å². The van der Waals surface area contributed by atoms with Crippen LogP contribution in [0, 0.1) is 18.8 Å². The molecule has 2 heterocycles. The van der Waals surface area contributed by atoms with Crippen molar-refractivity contribution in [2.24, 2.45) is 11.8 Å². The maximum Gasteiger partial charge on any atom is 0.313 e. The molecule has 0 bridgehead atoms. The number of aromatic nitrogens is 4. The summed E-state index contributed by atoms with van der Waals surface area (Å²) in [6, 6.07) is 0. The summed E-state index contributed by atoms with van der Waals surface area (Å²) in [4.78, 5) is 15.5. The fourth-order valence-electron chi connectivity index (χ4n) is 2.71. The Kier molecular flexibility index (Phi) is 3.69. The number of fused-ring (bicyclic) bond motifs is 1. The molecular formula is C14H20N4O2S. The zero-order valence-electron chi connectivity index (χ0n) is 12.5. The first-order valence-corrected chi connectivity index (χ1v) is 8.28. The van der Waals surface area contributed by atoms with Crippen LogP contribution < -0.4 is 0 Å². The number of nitrogens with zero attached hydrogens (tertiary/aromatic N) is 4. The van der Waals surface area contributed by atoms with Crippen molar-refractivity contribution < 1.29 is 9.90 Å². The third-order valence-corrected chi connectivity index (χ3v) is 5.04. The summed E-state index contributed by atoms with van der Waals surface area (Å²) in [6.07, 6.45) is 1.24. The van der Waals surface area contributed by atoms with Crippen molar-refractivity contribution in [3.63, 3.8) is 0 Å². The molecule has 0 radical (unpaired) electrons. The molecule has 1 saturated carbocycles. The molecule has 2 aromatic rings. The molecule has 6 nitrogen and oxygen atoms in total. The highest BCUT2D eigenvalue weighted by Crippen LogP contribution is 2.40. The molecule has 1 aliphatic carbocycles. The third kappa shape index (κ3) is 2.66. The van der Waals surface area contributed by atoms with Gasteiger partial charge in [-0.1, -0.05) is 18.7 Å². The monoisotopic (exact) mass is 308 g/mol. The van der Waals surface area contributed by atoms with Crippen LogP contribution in [0.4, 0.5) is 0 Å². The number of rotatable bonds is 6. The van der Waals surface area contributed by atoms with Gasteiger partial charge in [-0.2, -0.15) is 5.10 Å². The van der Waals surface area contributed by atoms with Gasteiger partial charge in [0.2, 0.25) is 0 Å². The average Bonchev–Trinajstić information content (AvgIpc) is 2.88. The maximum atomic E-state index is 10.8. The number of imidazole rings is 1. The molecule has 21 heavy (non-hydrogen) atoms. The summed E-state index contributed by atoms with van der Waals surface area (Å²) in [6.45, 7) is 7.97. The Balaban J connectivity index is 2.02. The second kappa shape index (κ2) is 5.36. The van der Waals surface area contributed by atoms with Crippen LogP contribution >= 0.6 is 11.8 Å². The zero-order valence-corrected chi connectivity index (χ0v) is 13.4. The van der Waals surface area contributed by atoms with E-state index < -0.39 is 5.97 Å². The second-order valence-corrected chi connectivity index (χ2v) is 6.68. The third-order valence-electron chi connectivity index (χ3n) is 4.08. The van der Waals surface area contributed by atoms with Gasteiger partial charge >= 0.3 is 5.97 Å². The van der Waals surface area contributed by atoms with E-state index in [1.54, 1.807) is 0 Å². The fourth-order valence-corrected chi connectivity index (χ4v) is 3.44. The minimum absolute atomic E-state index is 0.0401. The van der Waals surface area contributed by atoms with E-state index in [9.17, 15) is 4.79 Å². The van der Waals surface area contributed by atoms with Gasteiger partial charge in [0.1, 0.15) is 5.52 Å². The Bertz CT molecular complexity index is 691. The van der Waals surface area contributed by atoms with E-state index in [1.807, 2.05) is 11.6 Å². The van der Waals surface area contributed by atoms with Gasteiger partial charge < -0.3 is 9.67 Å². The highest BCUT2D eigenvalue weighted by molar-refractivity contribution is 7.99. The minimum Gasteiger partial charge on any atom is -0.481 e. The molecule has 1 N–H and O–H groups in total. The molecule has 0 aliphatic heterocycles. The minimum atomic E-state index is -0.813. The summed E-state index contributed by atoms with van der Waals surface area (Å²) < 4.78 is 4.14. The predicted octanol–water partition coefficient (Wildman–Crippen LogP) is 2.39. The van der Waals surface area contributed by atoms with Crippen molar-refractivity contribution >= 4 is 28.9 Å². The van der Waals surface area contributed by atoms with Crippen molar-refractivity contribution in [1.29, 1.82) is 0 Å². The number of hydrogen-bond acceptors (Lipinski definition) is 4. The number of carbonyl (C=O) groups is 1. The molecule has 1 fully saturated rings. The van der Waals surface area contributed by atoms with E-state index >= 15 is 0 Å². The van der Waals surface area contributed by atoms with Gasteiger partial charge in [-0.25, -0.2) is 9.67 Å². The van der Waals surface area contributed by atoms with Gasteiger partial charge in [0, 0.05) is 13.1 Å². The number of hydrogen-bond donors (Lipinski definition) is 1. The summed E-state index contributed by atoms with van der Waals surface area (Å²) >= 11 is 1.30.